The van der Waals surface area contributed by atoms with Gasteiger partial charge in [0.1, 0.15) is 5.78 Å². The van der Waals surface area contributed by atoms with Crippen molar-refractivity contribution in [1.29, 1.82) is 0 Å². The molecule has 0 unspecified atom stereocenters. The average molecular weight is 248 g/mol. The lowest BCUT2D eigenvalue weighted by Crippen LogP contribution is -2.24. The number of hydrogen-bond donors (Lipinski definition) is 1. The monoisotopic (exact) mass is 248 g/mol. The Kier molecular flexibility index (Phi) is 7.42. The number of aliphatic carboxylic acids is 1. The summed E-state index contributed by atoms with van der Waals surface area (Å²) in [5.41, 5.74) is -0.280. The minimum atomic E-state index is -0.850. The Balaban J connectivity index is 3.52. The minimum absolute atomic E-state index is 0.0361. The summed E-state index contributed by atoms with van der Waals surface area (Å²) < 4.78 is 5.17. The predicted octanol–water partition coefficient (Wildman–Crippen LogP) is 2.17. The Labute approximate surface area is 101 Å². The van der Waals surface area contributed by atoms with E-state index in [0.29, 0.717) is 19.0 Å². The molecule has 0 heterocycles. The van der Waals surface area contributed by atoms with Crippen LogP contribution in [0.1, 0.15) is 33.6 Å². The van der Waals surface area contributed by atoms with Gasteiger partial charge in [-0.3, -0.25) is 9.59 Å². The summed E-state index contributed by atoms with van der Waals surface area (Å²) in [4.78, 5) is 21.8. The molecule has 1 N–H and O–H groups in total. The molecule has 0 aromatic rings. The number of carboxylic acids is 1. The number of ether oxygens (including phenoxy) is 1. The molecule has 0 aromatic carbocycles. The van der Waals surface area contributed by atoms with Crippen molar-refractivity contribution in [2.75, 3.05) is 18.3 Å². The number of carboxylic acid groups (broad SMARTS) is 1. The van der Waals surface area contributed by atoms with Crippen LogP contribution in [0.2, 0.25) is 0 Å². The second-order valence-electron chi connectivity index (χ2n) is 4.18. The standard InChI is InChI=1S/C11H20O4S/c1-4-11(2,3)9(12)5-6-15-8-16-7-10(13)14/h4-8H2,1-3H3,(H,13,14). The average Bonchev–Trinajstić information content (AvgIpc) is 2.22. The molecular weight excluding hydrogens is 228 g/mol. The van der Waals surface area contributed by atoms with E-state index >= 15 is 0 Å². The van der Waals surface area contributed by atoms with Crippen LogP contribution in [-0.2, 0) is 14.3 Å². The molecule has 0 saturated heterocycles. The molecule has 16 heavy (non-hydrogen) atoms. The lowest BCUT2D eigenvalue weighted by molar-refractivity contribution is -0.134. The van der Waals surface area contributed by atoms with Crippen LogP contribution in [0.15, 0.2) is 0 Å². The van der Waals surface area contributed by atoms with E-state index in [9.17, 15) is 9.59 Å². The van der Waals surface area contributed by atoms with Crippen LogP contribution < -0.4 is 0 Å². The molecule has 94 valence electrons. The maximum atomic E-state index is 11.7. The van der Waals surface area contributed by atoms with E-state index in [0.717, 1.165) is 6.42 Å². The SMILES string of the molecule is CCC(C)(C)C(=O)CCOCSCC(=O)O. The fraction of sp³-hybridized carbons (Fsp3) is 0.818. The summed E-state index contributed by atoms with van der Waals surface area (Å²) in [7, 11) is 0. The molecule has 4 nitrogen and oxygen atoms in total. The molecule has 0 aliphatic carbocycles. The van der Waals surface area contributed by atoms with Crippen molar-refractivity contribution in [2.45, 2.75) is 33.6 Å². The molecule has 0 aliphatic heterocycles. The smallest absolute Gasteiger partial charge is 0.313 e. The number of ketones is 1. The van der Waals surface area contributed by atoms with Gasteiger partial charge in [-0.25, -0.2) is 0 Å². The molecule has 0 fully saturated rings. The Bertz CT molecular complexity index is 238. The summed E-state index contributed by atoms with van der Waals surface area (Å²) in [6, 6.07) is 0. The highest BCUT2D eigenvalue weighted by Gasteiger charge is 2.24. The number of carbonyl (C=O) groups is 2. The van der Waals surface area contributed by atoms with Gasteiger partial charge in [0.25, 0.3) is 0 Å². The van der Waals surface area contributed by atoms with Gasteiger partial charge in [-0.1, -0.05) is 20.8 Å². The van der Waals surface area contributed by atoms with Crippen molar-refractivity contribution in [2.24, 2.45) is 5.41 Å². The normalized spacial score (nSPS) is 11.4. The maximum Gasteiger partial charge on any atom is 0.313 e. The van der Waals surface area contributed by atoms with Crippen LogP contribution in [0.3, 0.4) is 0 Å². The van der Waals surface area contributed by atoms with Crippen molar-refractivity contribution in [3.8, 4) is 0 Å². The lowest BCUT2D eigenvalue weighted by Gasteiger charge is -2.20. The number of carbonyl (C=O) groups excluding carboxylic acids is 1. The van der Waals surface area contributed by atoms with Crippen molar-refractivity contribution in [3.63, 3.8) is 0 Å². The van der Waals surface area contributed by atoms with E-state index in [1.165, 1.54) is 11.8 Å². The summed E-state index contributed by atoms with van der Waals surface area (Å²) in [5, 5.41) is 8.37. The van der Waals surface area contributed by atoms with Gasteiger partial charge >= 0.3 is 5.97 Å². The van der Waals surface area contributed by atoms with Crippen LogP contribution in [0.25, 0.3) is 0 Å². The summed E-state index contributed by atoms with van der Waals surface area (Å²) in [5.74, 6) is -0.296. The summed E-state index contributed by atoms with van der Waals surface area (Å²) in [6.45, 7) is 6.21. The molecule has 0 spiro atoms. The number of rotatable bonds is 9. The zero-order chi connectivity index (χ0) is 12.6. The van der Waals surface area contributed by atoms with Crippen molar-refractivity contribution in [1.82, 2.24) is 0 Å². The van der Waals surface area contributed by atoms with Crippen LogP contribution in [0.4, 0.5) is 0 Å². The van der Waals surface area contributed by atoms with Gasteiger partial charge in [0, 0.05) is 11.8 Å². The highest BCUT2D eigenvalue weighted by atomic mass is 32.2. The second kappa shape index (κ2) is 7.68. The van der Waals surface area contributed by atoms with E-state index in [1.807, 2.05) is 20.8 Å². The highest BCUT2D eigenvalue weighted by Crippen LogP contribution is 2.22. The van der Waals surface area contributed by atoms with E-state index < -0.39 is 5.97 Å². The molecule has 0 aromatic heterocycles. The first-order valence-corrected chi connectivity index (χ1v) is 6.46. The zero-order valence-electron chi connectivity index (χ0n) is 10.1. The first-order chi connectivity index (χ1) is 7.40. The third-order valence-electron chi connectivity index (χ3n) is 2.50. The minimum Gasteiger partial charge on any atom is -0.481 e. The Morgan fingerprint density at radius 3 is 2.50 bits per heavy atom. The largest absolute Gasteiger partial charge is 0.481 e. The van der Waals surface area contributed by atoms with E-state index in [4.69, 9.17) is 9.84 Å². The highest BCUT2D eigenvalue weighted by molar-refractivity contribution is 7.99. The molecule has 0 bridgehead atoms. The third-order valence-corrected chi connectivity index (χ3v) is 3.29. The molecule has 5 heteroatoms. The molecule has 0 atom stereocenters. The molecule has 0 amide bonds. The Morgan fingerprint density at radius 2 is 2.00 bits per heavy atom. The predicted molar refractivity (Wildman–Crippen MR) is 64.6 cm³/mol. The molecular formula is C11H20O4S. The lowest BCUT2D eigenvalue weighted by atomic mass is 9.84. The van der Waals surface area contributed by atoms with Gasteiger partial charge in [-0.05, 0) is 6.42 Å². The van der Waals surface area contributed by atoms with Crippen LogP contribution in [0.5, 0.6) is 0 Å². The van der Waals surface area contributed by atoms with Gasteiger partial charge < -0.3 is 9.84 Å². The van der Waals surface area contributed by atoms with Gasteiger partial charge in [-0.15, -0.1) is 11.8 Å². The Hall–Kier alpha value is -0.550. The third kappa shape index (κ3) is 6.85. The molecule has 0 rings (SSSR count). The Morgan fingerprint density at radius 1 is 1.38 bits per heavy atom. The fourth-order valence-corrected chi connectivity index (χ4v) is 1.44. The molecule has 0 saturated carbocycles. The van der Waals surface area contributed by atoms with Crippen molar-refractivity contribution < 1.29 is 19.4 Å². The van der Waals surface area contributed by atoms with Crippen molar-refractivity contribution in [3.05, 3.63) is 0 Å². The maximum absolute atomic E-state index is 11.7. The van der Waals surface area contributed by atoms with Crippen LogP contribution in [0, 0.1) is 5.41 Å². The quantitative estimate of drug-likeness (QED) is 0.500. The zero-order valence-corrected chi connectivity index (χ0v) is 10.9. The number of Topliss-reactive ketones (excluding diaryl/α,β-unsaturated/α-hetero) is 1. The topological polar surface area (TPSA) is 63.6 Å². The first kappa shape index (κ1) is 15.4. The van der Waals surface area contributed by atoms with Gasteiger partial charge in [0.15, 0.2) is 0 Å². The van der Waals surface area contributed by atoms with Crippen molar-refractivity contribution >= 4 is 23.5 Å². The number of hydrogen-bond acceptors (Lipinski definition) is 4. The van der Waals surface area contributed by atoms with E-state index in [-0.39, 0.29) is 17.0 Å². The second-order valence-corrected chi connectivity index (χ2v) is 5.11. The first-order valence-electron chi connectivity index (χ1n) is 5.30. The summed E-state index contributed by atoms with van der Waals surface area (Å²) in [6.07, 6.45) is 1.22. The molecule has 0 radical (unpaired) electrons. The number of thioether (sulfide) groups is 1. The van der Waals surface area contributed by atoms with E-state index in [1.54, 1.807) is 0 Å². The van der Waals surface area contributed by atoms with Gasteiger partial charge in [-0.2, -0.15) is 0 Å². The fourth-order valence-electron chi connectivity index (χ4n) is 0.947. The summed E-state index contributed by atoms with van der Waals surface area (Å²) >= 11 is 1.19. The van der Waals surface area contributed by atoms with Gasteiger partial charge in [0.05, 0.1) is 18.3 Å². The van der Waals surface area contributed by atoms with Crippen LogP contribution >= 0.6 is 11.8 Å². The van der Waals surface area contributed by atoms with E-state index in [2.05, 4.69) is 0 Å². The molecule has 0 aliphatic rings. The van der Waals surface area contributed by atoms with Crippen LogP contribution in [-0.4, -0.2) is 35.2 Å². The van der Waals surface area contributed by atoms with Gasteiger partial charge in [0.2, 0.25) is 0 Å².